The summed E-state index contributed by atoms with van der Waals surface area (Å²) >= 11 is 0. The van der Waals surface area contributed by atoms with Gasteiger partial charge in [0.15, 0.2) is 0 Å². The summed E-state index contributed by atoms with van der Waals surface area (Å²) in [6, 6.07) is 16.6. The number of sulfonamides is 1. The van der Waals surface area contributed by atoms with Gasteiger partial charge in [-0.15, -0.1) is 0 Å². The number of fused-ring (bicyclic) bond motifs is 1. The van der Waals surface area contributed by atoms with Crippen molar-refractivity contribution in [2.24, 2.45) is 5.73 Å². The summed E-state index contributed by atoms with van der Waals surface area (Å²) in [4.78, 5) is 35.4. The number of benzene rings is 3. The third kappa shape index (κ3) is 6.48. The predicted octanol–water partition coefficient (Wildman–Crippen LogP) is 1.78. The lowest BCUT2D eigenvalue weighted by molar-refractivity contribution is -0.149. The van der Waals surface area contributed by atoms with Gasteiger partial charge in [0.05, 0.1) is 31.6 Å². The van der Waals surface area contributed by atoms with E-state index >= 15 is 0 Å². The van der Waals surface area contributed by atoms with Crippen molar-refractivity contribution in [2.45, 2.75) is 18.4 Å². The van der Waals surface area contributed by atoms with Gasteiger partial charge >= 0.3 is 0 Å². The van der Waals surface area contributed by atoms with E-state index in [1.807, 2.05) is 6.07 Å². The Morgan fingerprint density at radius 1 is 1.00 bits per heavy atom. The molecule has 1 heterocycles. The Morgan fingerprint density at radius 3 is 2.11 bits per heavy atom. The van der Waals surface area contributed by atoms with Crippen molar-refractivity contribution < 1.29 is 32.6 Å². The van der Waals surface area contributed by atoms with Gasteiger partial charge < -0.3 is 15.6 Å². The van der Waals surface area contributed by atoms with Crippen LogP contribution in [0.1, 0.15) is 18.1 Å². The molecular weight excluding hydrogens is 500 g/mol. The third-order valence-corrected chi connectivity index (χ3v) is 7.28. The molecule has 0 unspecified atom stereocenters. The van der Waals surface area contributed by atoms with Crippen LogP contribution < -0.4 is 10.5 Å². The van der Waals surface area contributed by atoms with Gasteiger partial charge in [-0.1, -0.05) is 36.4 Å². The van der Waals surface area contributed by atoms with Gasteiger partial charge in [0.2, 0.25) is 21.8 Å². The zero-order chi connectivity index (χ0) is 27.3. The molecular formula is C25H26N4O7S. The topological polar surface area (TPSA) is 171 Å². The largest absolute Gasteiger partial charge is 0.497 e. The molecule has 3 aromatic carbocycles. The SMILES string of the molecule is CC(=O)O.COc1ccc2ccc(S(=O)(=O)N3CC(=O)N(Cc4ccc(C(=N)N)cc4)C(=O)C3)cc2c1. The molecule has 11 nitrogen and oxygen atoms in total. The van der Waals surface area contributed by atoms with Crippen LogP contribution in [0.25, 0.3) is 10.8 Å². The molecule has 0 radical (unpaired) electrons. The van der Waals surface area contributed by atoms with Gasteiger partial charge in [-0.3, -0.25) is 24.7 Å². The molecule has 4 N–H and O–H groups in total. The molecule has 0 aromatic heterocycles. The number of piperazine rings is 1. The molecule has 12 heteroatoms. The van der Waals surface area contributed by atoms with Crippen molar-refractivity contribution in [1.82, 2.24) is 9.21 Å². The third-order valence-electron chi connectivity index (χ3n) is 5.49. The van der Waals surface area contributed by atoms with E-state index < -0.39 is 40.9 Å². The number of nitrogens with one attached hydrogen (secondary N) is 1. The van der Waals surface area contributed by atoms with E-state index in [4.69, 9.17) is 25.8 Å². The van der Waals surface area contributed by atoms with E-state index in [1.165, 1.54) is 19.2 Å². The van der Waals surface area contributed by atoms with Crippen LogP contribution in [0.15, 0.2) is 65.6 Å². The van der Waals surface area contributed by atoms with Crippen LogP contribution >= 0.6 is 0 Å². The van der Waals surface area contributed by atoms with E-state index in [9.17, 15) is 18.0 Å². The molecule has 4 rings (SSSR count). The Bertz CT molecular complexity index is 1450. The number of carbonyl (C=O) groups is 3. The average molecular weight is 527 g/mol. The van der Waals surface area contributed by atoms with Crippen LogP contribution in [0.5, 0.6) is 5.75 Å². The van der Waals surface area contributed by atoms with E-state index in [1.54, 1.807) is 42.5 Å². The molecule has 1 aliphatic rings. The van der Waals surface area contributed by atoms with Gasteiger partial charge in [-0.05, 0) is 40.6 Å². The maximum absolute atomic E-state index is 13.2. The molecule has 0 bridgehead atoms. The first-order valence-corrected chi connectivity index (χ1v) is 12.4. The van der Waals surface area contributed by atoms with E-state index in [-0.39, 0.29) is 17.3 Å². The first-order valence-electron chi connectivity index (χ1n) is 11.0. The summed E-state index contributed by atoms with van der Waals surface area (Å²) in [7, 11) is -2.54. The summed E-state index contributed by atoms with van der Waals surface area (Å²) in [5, 5.41) is 16.3. The second-order valence-electron chi connectivity index (χ2n) is 8.15. The maximum atomic E-state index is 13.2. The summed E-state index contributed by atoms with van der Waals surface area (Å²) < 4.78 is 32.5. The highest BCUT2D eigenvalue weighted by Gasteiger charge is 2.37. The molecule has 3 aromatic rings. The zero-order valence-electron chi connectivity index (χ0n) is 20.2. The number of imide groups is 1. The second kappa shape index (κ2) is 11.2. The highest BCUT2D eigenvalue weighted by Crippen LogP contribution is 2.26. The molecule has 0 atom stereocenters. The fraction of sp³-hybridized carbons (Fsp3) is 0.200. The zero-order valence-corrected chi connectivity index (χ0v) is 21.0. The molecule has 2 amide bonds. The van der Waals surface area contributed by atoms with Crippen molar-refractivity contribution in [2.75, 3.05) is 20.2 Å². The quantitative estimate of drug-likeness (QED) is 0.248. The number of hydrogen-bond acceptors (Lipinski definition) is 7. The average Bonchev–Trinajstić information content (AvgIpc) is 2.85. The lowest BCUT2D eigenvalue weighted by Crippen LogP contribution is -2.54. The minimum Gasteiger partial charge on any atom is -0.497 e. The van der Waals surface area contributed by atoms with Crippen LogP contribution in [-0.2, 0) is 31.0 Å². The van der Waals surface area contributed by atoms with Crippen molar-refractivity contribution in [1.29, 1.82) is 5.41 Å². The van der Waals surface area contributed by atoms with Crippen LogP contribution in [-0.4, -0.2) is 66.5 Å². The summed E-state index contributed by atoms with van der Waals surface area (Å²) in [6.45, 7) is 0.227. The molecule has 1 saturated heterocycles. The Labute approximate surface area is 213 Å². The number of hydrogen-bond donors (Lipinski definition) is 3. The number of rotatable bonds is 6. The number of nitrogen functional groups attached to an aromatic ring is 1. The first kappa shape index (κ1) is 27.3. The Morgan fingerprint density at radius 2 is 1.57 bits per heavy atom. The second-order valence-corrected chi connectivity index (χ2v) is 10.1. The standard InChI is InChI=1S/C23H22N4O5S.C2H4O2/c1-32-19-8-6-16-7-9-20(11-18(16)10-19)33(30,31)26-13-21(28)27(22(29)14-26)12-15-2-4-17(5-3-15)23(24)25;1-2(3)4/h2-11H,12-14H2,1H3,(H3,24,25);1H3,(H,3,4). The normalized spacial score (nSPS) is 14.2. The van der Waals surface area contributed by atoms with Crippen molar-refractivity contribution in [3.63, 3.8) is 0 Å². The number of aliphatic carboxylic acids is 1. The Hall–Kier alpha value is -4.29. The van der Waals surface area contributed by atoms with Crippen LogP contribution in [0.2, 0.25) is 0 Å². The number of amides is 2. The molecule has 1 fully saturated rings. The highest BCUT2D eigenvalue weighted by atomic mass is 32.2. The first-order chi connectivity index (χ1) is 17.4. The molecule has 0 saturated carbocycles. The van der Waals surface area contributed by atoms with Gasteiger partial charge in [0.1, 0.15) is 11.6 Å². The number of ether oxygens (including phenoxy) is 1. The number of methoxy groups -OCH3 is 1. The van der Waals surface area contributed by atoms with Crippen molar-refractivity contribution in [3.8, 4) is 5.75 Å². The van der Waals surface area contributed by atoms with Crippen LogP contribution in [0.4, 0.5) is 0 Å². The lowest BCUT2D eigenvalue weighted by atomic mass is 10.1. The number of nitrogens with zero attached hydrogens (tertiary/aromatic N) is 2. The summed E-state index contributed by atoms with van der Waals surface area (Å²) in [5.74, 6) is -1.53. The van der Waals surface area contributed by atoms with Gasteiger partial charge in [0, 0.05) is 12.5 Å². The minimum absolute atomic E-state index is 0.00266. The molecule has 37 heavy (non-hydrogen) atoms. The molecule has 1 aliphatic heterocycles. The van der Waals surface area contributed by atoms with Gasteiger partial charge in [0.25, 0.3) is 5.97 Å². The number of carboxylic acids is 1. The van der Waals surface area contributed by atoms with Crippen molar-refractivity contribution >= 4 is 44.4 Å². The molecule has 194 valence electrons. The van der Waals surface area contributed by atoms with E-state index in [0.717, 1.165) is 21.5 Å². The summed E-state index contributed by atoms with van der Waals surface area (Å²) in [5.41, 5.74) is 6.63. The minimum atomic E-state index is -4.06. The number of nitrogens with two attached hydrogens (primary N) is 1. The smallest absolute Gasteiger partial charge is 0.300 e. The predicted molar refractivity (Wildman–Crippen MR) is 136 cm³/mol. The number of carboxylic acid groups (broad SMARTS) is 1. The van der Waals surface area contributed by atoms with Crippen LogP contribution in [0, 0.1) is 5.41 Å². The fourth-order valence-corrected chi connectivity index (χ4v) is 5.00. The van der Waals surface area contributed by atoms with Crippen LogP contribution in [0.3, 0.4) is 0 Å². The lowest BCUT2D eigenvalue weighted by Gasteiger charge is -2.32. The molecule has 0 spiro atoms. The Kier molecular flexibility index (Phi) is 8.25. The highest BCUT2D eigenvalue weighted by molar-refractivity contribution is 7.89. The molecule has 0 aliphatic carbocycles. The van der Waals surface area contributed by atoms with E-state index in [0.29, 0.717) is 22.3 Å². The fourth-order valence-electron chi connectivity index (χ4n) is 3.63. The number of carbonyl (C=O) groups excluding carboxylic acids is 2. The monoisotopic (exact) mass is 526 g/mol. The van der Waals surface area contributed by atoms with Gasteiger partial charge in [-0.2, -0.15) is 4.31 Å². The number of amidine groups is 1. The van der Waals surface area contributed by atoms with E-state index in [2.05, 4.69) is 0 Å². The Balaban J connectivity index is 0.000000886. The van der Waals surface area contributed by atoms with Crippen molar-refractivity contribution in [3.05, 3.63) is 71.8 Å². The maximum Gasteiger partial charge on any atom is 0.300 e. The van der Waals surface area contributed by atoms with Gasteiger partial charge in [-0.25, -0.2) is 8.42 Å². The summed E-state index contributed by atoms with van der Waals surface area (Å²) in [6.07, 6.45) is 0.